The van der Waals surface area contributed by atoms with Gasteiger partial charge in [-0.25, -0.2) is 0 Å². The fourth-order valence-corrected chi connectivity index (χ4v) is 3.14. The Hall–Kier alpha value is -0.120. The van der Waals surface area contributed by atoms with Crippen LogP contribution in [0.5, 0.6) is 0 Å². The van der Waals surface area contributed by atoms with Gasteiger partial charge in [-0.05, 0) is 25.7 Å². The Morgan fingerprint density at radius 3 is 1.52 bits per heavy atom. The first-order valence-electron chi connectivity index (χ1n) is 9.94. The van der Waals surface area contributed by atoms with Gasteiger partial charge in [0, 0.05) is 20.8 Å². The predicted molar refractivity (Wildman–Crippen MR) is 99.0 cm³/mol. The molecule has 0 radical (unpaired) electrons. The van der Waals surface area contributed by atoms with E-state index in [-0.39, 0.29) is 12.7 Å². The van der Waals surface area contributed by atoms with Gasteiger partial charge in [-0.2, -0.15) is 0 Å². The molecule has 0 saturated carbocycles. The zero-order valence-corrected chi connectivity index (χ0v) is 16.0. The van der Waals surface area contributed by atoms with Crippen LogP contribution in [0.4, 0.5) is 0 Å². The SMILES string of the molecule is CCCCCCCCCCCCC(CC(CCCO)OC)OC. The molecule has 23 heavy (non-hydrogen) atoms. The van der Waals surface area contributed by atoms with Gasteiger partial charge < -0.3 is 14.6 Å². The third-order valence-corrected chi connectivity index (χ3v) is 4.76. The van der Waals surface area contributed by atoms with Gasteiger partial charge in [0.2, 0.25) is 0 Å². The van der Waals surface area contributed by atoms with Crippen LogP contribution in [-0.2, 0) is 9.47 Å². The summed E-state index contributed by atoms with van der Waals surface area (Å²) in [5.74, 6) is 0. The molecule has 0 aromatic rings. The molecule has 0 heterocycles. The van der Waals surface area contributed by atoms with Crippen molar-refractivity contribution in [1.82, 2.24) is 0 Å². The largest absolute Gasteiger partial charge is 0.396 e. The average molecular weight is 331 g/mol. The Labute approximate surface area is 145 Å². The van der Waals surface area contributed by atoms with Gasteiger partial charge in [-0.3, -0.25) is 0 Å². The van der Waals surface area contributed by atoms with E-state index >= 15 is 0 Å². The number of hydrogen-bond acceptors (Lipinski definition) is 3. The maximum absolute atomic E-state index is 8.92. The van der Waals surface area contributed by atoms with E-state index in [1.54, 1.807) is 14.2 Å². The minimum absolute atomic E-state index is 0.218. The van der Waals surface area contributed by atoms with Gasteiger partial charge in [0.05, 0.1) is 12.2 Å². The van der Waals surface area contributed by atoms with E-state index < -0.39 is 0 Å². The smallest absolute Gasteiger partial charge is 0.0596 e. The molecule has 0 amide bonds. The minimum Gasteiger partial charge on any atom is -0.396 e. The summed E-state index contributed by atoms with van der Waals surface area (Å²) in [6, 6.07) is 0. The van der Waals surface area contributed by atoms with Crippen LogP contribution in [-0.4, -0.2) is 38.1 Å². The Morgan fingerprint density at radius 1 is 0.652 bits per heavy atom. The lowest BCUT2D eigenvalue weighted by Crippen LogP contribution is -2.22. The summed E-state index contributed by atoms with van der Waals surface area (Å²) >= 11 is 0. The van der Waals surface area contributed by atoms with Crippen molar-refractivity contribution in [3.63, 3.8) is 0 Å². The zero-order chi connectivity index (χ0) is 17.2. The summed E-state index contributed by atoms with van der Waals surface area (Å²) in [6.07, 6.45) is 18.1. The monoisotopic (exact) mass is 330 g/mol. The number of aliphatic hydroxyl groups excluding tert-OH is 1. The van der Waals surface area contributed by atoms with Crippen molar-refractivity contribution in [2.24, 2.45) is 0 Å². The lowest BCUT2D eigenvalue weighted by Gasteiger charge is -2.21. The number of hydrogen-bond donors (Lipinski definition) is 1. The van der Waals surface area contributed by atoms with Gasteiger partial charge in [-0.15, -0.1) is 0 Å². The molecule has 2 unspecified atom stereocenters. The van der Waals surface area contributed by atoms with Crippen molar-refractivity contribution in [2.45, 2.75) is 109 Å². The van der Waals surface area contributed by atoms with Gasteiger partial charge in [0.1, 0.15) is 0 Å². The van der Waals surface area contributed by atoms with Crippen LogP contribution in [0.1, 0.15) is 96.8 Å². The third kappa shape index (κ3) is 15.2. The zero-order valence-electron chi connectivity index (χ0n) is 16.0. The molecule has 0 aliphatic rings. The number of ether oxygens (including phenoxy) is 2. The molecule has 0 fully saturated rings. The van der Waals surface area contributed by atoms with Gasteiger partial charge in [-0.1, -0.05) is 71.1 Å². The Morgan fingerprint density at radius 2 is 1.09 bits per heavy atom. The quantitative estimate of drug-likeness (QED) is 0.338. The second-order valence-corrected chi connectivity index (χ2v) is 6.79. The molecule has 0 spiro atoms. The summed E-state index contributed by atoms with van der Waals surface area (Å²) in [5, 5.41) is 8.92. The van der Waals surface area contributed by atoms with Crippen molar-refractivity contribution in [3.05, 3.63) is 0 Å². The molecule has 0 aromatic carbocycles. The first-order valence-corrected chi connectivity index (χ1v) is 9.94. The maximum Gasteiger partial charge on any atom is 0.0596 e. The molecule has 0 aliphatic carbocycles. The van der Waals surface area contributed by atoms with Crippen LogP contribution in [0.3, 0.4) is 0 Å². The van der Waals surface area contributed by atoms with E-state index in [0.717, 1.165) is 25.7 Å². The highest BCUT2D eigenvalue weighted by Gasteiger charge is 2.15. The van der Waals surface area contributed by atoms with Crippen molar-refractivity contribution >= 4 is 0 Å². The average Bonchev–Trinajstić information content (AvgIpc) is 2.58. The molecule has 0 rings (SSSR count). The Bertz CT molecular complexity index is 221. The van der Waals surface area contributed by atoms with Gasteiger partial charge in [0.15, 0.2) is 0 Å². The van der Waals surface area contributed by atoms with Crippen molar-refractivity contribution in [1.29, 1.82) is 0 Å². The molecule has 0 aliphatic heterocycles. The van der Waals surface area contributed by atoms with E-state index in [2.05, 4.69) is 6.92 Å². The van der Waals surface area contributed by atoms with E-state index in [9.17, 15) is 0 Å². The third-order valence-electron chi connectivity index (χ3n) is 4.76. The summed E-state index contributed by atoms with van der Waals surface area (Å²) in [4.78, 5) is 0. The van der Waals surface area contributed by atoms with Crippen LogP contribution < -0.4 is 0 Å². The summed E-state index contributed by atoms with van der Waals surface area (Å²) in [6.45, 7) is 2.52. The maximum atomic E-state index is 8.92. The topological polar surface area (TPSA) is 38.7 Å². The lowest BCUT2D eigenvalue weighted by atomic mass is 10.0. The van der Waals surface area contributed by atoms with Crippen molar-refractivity contribution in [2.75, 3.05) is 20.8 Å². The summed E-state index contributed by atoms with van der Waals surface area (Å²) in [7, 11) is 3.56. The number of rotatable bonds is 18. The molecule has 3 nitrogen and oxygen atoms in total. The molecule has 140 valence electrons. The molecule has 2 atom stereocenters. The number of unbranched alkanes of at least 4 members (excludes halogenated alkanes) is 9. The van der Waals surface area contributed by atoms with Crippen molar-refractivity contribution in [3.8, 4) is 0 Å². The van der Waals surface area contributed by atoms with E-state index in [0.29, 0.717) is 6.10 Å². The van der Waals surface area contributed by atoms with Crippen LogP contribution >= 0.6 is 0 Å². The highest BCUT2D eigenvalue weighted by molar-refractivity contribution is 4.67. The molecular weight excluding hydrogens is 288 g/mol. The van der Waals surface area contributed by atoms with E-state index in [1.165, 1.54) is 64.2 Å². The summed E-state index contributed by atoms with van der Waals surface area (Å²) < 4.78 is 11.1. The van der Waals surface area contributed by atoms with Gasteiger partial charge in [0.25, 0.3) is 0 Å². The highest BCUT2D eigenvalue weighted by Crippen LogP contribution is 2.17. The van der Waals surface area contributed by atoms with Crippen molar-refractivity contribution < 1.29 is 14.6 Å². The minimum atomic E-state index is 0.218. The molecule has 1 N–H and O–H groups in total. The van der Waals surface area contributed by atoms with Crippen LogP contribution in [0.2, 0.25) is 0 Å². The van der Waals surface area contributed by atoms with Crippen LogP contribution in [0.15, 0.2) is 0 Å². The first kappa shape index (κ1) is 22.9. The molecule has 0 saturated heterocycles. The van der Waals surface area contributed by atoms with Gasteiger partial charge >= 0.3 is 0 Å². The number of methoxy groups -OCH3 is 2. The molecule has 0 aromatic heterocycles. The van der Waals surface area contributed by atoms with E-state index in [1.807, 2.05) is 0 Å². The lowest BCUT2D eigenvalue weighted by molar-refractivity contribution is 0.0118. The fraction of sp³-hybridized carbons (Fsp3) is 1.00. The highest BCUT2D eigenvalue weighted by atomic mass is 16.5. The number of aliphatic hydroxyl groups is 1. The van der Waals surface area contributed by atoms with E-state index in [4.69, 9.17) is 14.6 Å². The second kappa shape index (κ2) is 18.2. The fourth-order valence-electron chi connectivity index (χ4n) is 3.14. The normalized spacial score (nSPS) is 14.1. The van der Waals surface area contributed by atoms with Crippen LogP contribution in [0.25, 0.3) is 0 Å². The summed E-state index contributed by atoms with van der Waals surface area (Å²) in [5.41, 5.74) is 0. The predicted octanol–water partition coefficient (Wildman–Crippen LogP) is 5.49. The second-order valence-electron chi connectivity index (χ2n) is 6.79. The molecular formula is C20H42O3. The van der Waals surface area contributed by atoms with Crippen LogP contribution in [0, 0.1) is 0 Å². The Kier molecular flexibility index (Phi) is 18.1. The molecule has 0 bridgehead atoms. The molecule has 3 heteroatoms. The standard InChI is InChI=1S/C20H42O3/c1-4-5-6-7-8-9-10-11-12-13-15-19(22-2)18-20(23-3)16-14-17-21/h19-21H,4-18H2,1-3H3. The Balaban J connectivity index is 3.52. The first-order chi connectivity index (χ1) is 11.3.